The van der Waals surface area contributed by atoms with Gasteiger partial charge in [0.25, 0.3) is 0 Å². The van der Waals surface area contributed by atoms with Crippen molar-refractivity contribution in [1.29, 1.82) is 0 Å². The number of hydrogen-bond acceptors (Lipinski definition) is 14. The van der Waals surface area contributed by atoms with Crippen LogP contribution in [0.1, 0.15) is 38.5 Å². The number of rotatable bonds is 36. The molecule has 18 nitrogen and oxygen atoms in total. The highest BCUT2D eigenvalue weighted by Crippen LogP contribution is 2.33. The summed E-state index contributed by atoms with van der Waals surface area (Å²) in [6.45, 7) is 6.60. The number of hydrogen-bond donors (Lipinski definition) is 5. The Kier molecular flexibility index (Phi) is 29.4. The fourth-order valence-corrected chi connectivity index (χ4v) is 8.39. The van der Waals surface area contributed by atoms with Gasteiger partial charge < -0.3 is 55.0 Å². The number of fused-ring (bicyclic) bond motifs is 1. The van der Waals surface area contributed by atoms with Crippen molar-refractivity contribution in [2.75, 3.05) is 123 Å². The summed E-state index contributed by atoms with van der Waals surface area (Å²) < 4.78 is 32.4. The highest BCUT2D eigenvalue weighted by Gasteiger charge is 2.42. The summed E-state index contributed by atoms with van der Waals surface area (Å²) >= 11 is 1.89. The molecule has 5 amide bonds. The van der Waals surface area contributed by atoms with Crippen molar-refractivity contribution in [2.24, 2.45) is 5.11 Å². The Morgan fingerprint density at radius 1 is 0.698 bits per heavy atom. The molecular weight excluding hydrogens is 753 g/mol. The number of nitrogens with one attached hydrogen (secondary N) is 5. The second-order valence-corrected chi connectivity index (χ2v) is 15.7. The molecule has 0 spiro atoms. The van der Waals surface area contributed by atoms with Crippen LogP contribution in [0.4, 0.5) is 4.79 Å². The molecule has 0 unspecified atom stereocenters. The number of unbranched alkanes of at least 4 members (excludes halogenated alkanes) is 1. The minimum Gasteiger partial charge on any atom is -0.379 e. The number of ether oxygens (including phenoxy) is 6. The van der Waals surface area contributed by atoms with Crippen molar-refractivity contribution < 1.29 is 47.6 Å². The summed E-state index contributed by atoms with van der Waals surface area (Å²) in [4.78, 5) is 50.0. The molecular formula is C32H58N8O10S3. The zero-order chi connectivity index (χ0) is 38.0. The van der Waals surface area contributed by atoms with Gasteiger partial charge in [-0.2, -0.15) is 11.8 Å². The number of amides is 5. The Hall–Kier alpha value is -2.20. The Balaban J connectivity index is 1.21. The lowest BCUT2D eigenvalue weighted by Gasteiger charge is -2.16. The highest BCUT2D eigenvalue weighted by molar-refractivity contribution is 8.76. The van der Waals surface area contributed by atoms with Crippen LogP contribution in [0.3, 0.4) is 0 Å². The Morgan fingerprint density at radius 2 is 1.25 bits per heavy atom. The molecule has 0 bridgehead atoms. The predicted molar refractivity (Wildman–Crippen MR) is 206 cm³/mol. The summed E-state index contributed by atoms with van der Waals surface area (Å²) in [5.41, 5.74) is 8.15. The first kappa shape index (κ1) is 47.0. The molecule has 2 aliphatic rings. The summed E-state index contributed by atoms with van der Waals surface area (Å²) in [7, 11) is 3.20. The lowest BCUT2D eigenvalue weighted by Crippen LogP contribution is -2.36. The number of thioether (sulfide) groups is 1. The van der Waals surface area contributed by atoms with Crippen LogP contribution < -0.4 is 26.6 Å². The summed E-state index contributed by atoms with van der Waals surface area (Å²) in [5.74, 6) is 2.29. The van der Waals surface area contributed by atoms with Crippen molar-refractivity contribution >= 4 is 57.1 Å². The topological polar surface area (TPSA) is 233 Å². The first-order valence-corrected chi connectivity index (χ1v) is 21.7. The monoisotopic (exact) mass is 810 g/mol. The van der Waals surface area contributed by atoms with Gasteiger partial charge in [0.2, 0.25) is 17.7 Å². The molecule has 0 radical (unpaired) electrons. The predicted octanol–water partition coefficient (Wildman–Crippen LogP) is 1.63. The van der Waals surface area contributed by atoms with Crippen LogP contribution in [0.5, 0.6) is 0 Å². The van der Waals surface area contributed by atoms with Crippen molar-refractivity contribution in [3.05, 3.63) is 10.4 Å². The molecule has 2 saturated heterocycles. The van der Waals surface area contributed by atoms with E-state index in [1.165, 1.54) is 0 Å². The molecule has 0 aromatic rings. The molecule has 0 aromatic heterocycles. The van der Waals surface area contributed by atoms with E-state index in [0.717, 1.165) is 30.8 Å². The molecule has 2 rings (SSSR count). The van der Waals surface area contributed by atoms with Gasteiger partial charge >= 0.3 is 6.03 Å². The SMILES string of the molecule is [N-]=[N+]=NCCOCCOCCOCCC(=O)NCCSSCCC(=O)NCCOCCOCCOCCNC(=O)CCCC[C@H]1SC[C@H]2NC(=O)N[C@H]21. The lowest BCUT2D eigenvalue weighted by atomic mass is 10.0. The molecule has 0 aromatic carbocycles. The van der Waals surface area contributed by atoms with Crippen LogP contribution in [0, 0.1) is 0 Å². The maximum atomic E-state index is 12.0. The molecule has 21 heteroatoms. The minimum absolute atomic E-state index is 0.0265. The van der Waals surface area contributed by atoms with E-state index in [9.17, 15) is 19.2 Å². The van der Waals surface area contributed by atoms with Crippen LogP contribution >= 0.6 is 33.3 Å². The molecule has 2 fully saturated rings. The number of carbonyl (C=O) groups is 4. The molecule has 3 atom stereocenters. The normalized spacial score (nSPS) is 17.4. The van der Waals surface area contributed by atoms with Gasteiger partial charge in [0.05, 0.1) is 91.4 Å². The fraction of sp³-hybridized carbons (Fsp3) is 0.875. The standard InChI is InChI=1S/C32H58N8O10S3/c33-40-37-9-14-48-18-22-49-19-15-45-11-5-29(42)36-10-24-53-52-23-6-30(43)35-8-13-47-17-21-50-20-16-46-12-7-34-28(41)4-2-1-3-27-31-26(25-51-27)38-32(44)39-31/h26-27,31H,1-25H2,(H,34,41)(H,35,43)(H,36,42)(H2,38,39,44)/t26-,27-,31-/m1/s1. The van der Waals surface area contributed by atoms with Crippen LogP contribution in [0.25, 0.3) is 10.4 Å². The molecule has 5 N–H and O–H groups in total. The van der Waals surface area contributed by atoms with Crippen LogP contribution in [-0.4, -0.2) is 164 Å². The van der Waals surface area contributed by atoms with Gasteiger partial charge in [-0.05, 0) is 18.4 Å². The van der Waals surface area contributed by atoms with E-state index < -0.39 is 0 Å². The van der Waals surface area contributed by atoms with Crippen LogP contribution in [0.15, 0.2) is 5.11 Å². The van der Waals surface area contributed by atoms with E-state index >= 15 is 0 Å². The third-order valence-corrected chi connectivity index (χ3v) is 11.5. The summed E-state index contributed by atoms with van der Waals surface area (Å²) in [6, 6.07) is 0.377. The zero-order valence-electron chi connectivity index (χ0n) is 30.6. The van der Waals surface area contributed by atoms with E-state index in [-0.39, 0.29) is 42.3 Å². The molecule has 2 aliphatic heterocycles. The molecule has 0 aliphatic carbocycles. The van der Waals surface area contributed by atoms with Gasteiger partial charge in [-0.1, -0.05) is 33.1 Å². The maximum absolute atomic E-state index is 12.0. The number of azide groups is 1. The van der Waals surface area contributed by atoms with Crippen molar-refractivity contribution in [2.45, 2.75) is 55.9 Å². The largest absolute Gasteiger partial charge is 0.379 e. The van der Waals surface area contributed by atoms with Gasteiger partial charge in [0.15, 0.2) is 0 Å². The average Bonchev–Trinajstić information content (AvgIpc) is 3.71. The third-order valence-electron chi connectivity index (χ3n) is 7.58. The number of nitrogens with zero attached hydrogens (tertiary/aromatic N) is 3. The average molecular weight is 811 g/mol. The van der Waals surface area contributed by atoms with Gasteiger partial charge in [0, 0.05) is 72.9 Å². The van der Waals surface area contributed by atoms with Crippen molar-refractivity contribution in [1.82, 2.24) is 26.6 Å². The lowest BCUT2D eigenvalue weighted by molar-refractivity contribution is -0.122. The molecule has 304 valence electrons. The number of carbonyl (C=O) groups excluding carboxylic acids is 4. The zero-order valence-corrected chi connectivity index (χ0v) is 33.0. The Bertz CT molecular complexity index is 1070. The van der Waals surface area contributed by atoms with Gasteiger partial charge in [-0.3, -0.25) is 14.4 Å². The fourth-order valence-electron chi connectivity index (χ4n) is 4.95. The second-order valence-electron chi connectivity index (χ2n) is 11.7. The van der Waals surface area contributed by atoms with E-state index in [1.807, 2.05) is 11.8 Å². The highest BCUT2D eigenvalue weighted by atomic mass is 33.1. The first-order chi connectivity index (χ1) is 26.0. The van der Waals surface area contributed by atoms with Crippen molar-refractivity contribution in [3.63, 3.8) is 0 Å². The van der Waals surface area contributed by atoms with Gasteiger partial charge in [-0.15, -0.1) is 0 Å². The van der Waals surface area contributed by atoms with Gasteiger partial charge in [0.1, 0.15) is 0 Å². The van der Waals surface area contributed by atoms with Crippen LogP contribution in [-0.2, 0) is 42.8 Å². The van der Waals surface area contributed by atoms with E-state index in [0.29, 0.717) is 129 Å². The quantitative estimate of drug-likeness (QED) is 0.0152. The smallest absolute Gasteiger partial charge is 0.315 e. The minimum atomic E-state index is -0.0715. The number of urea groups is 1. The van der Waals surface area contributed by atoms with Crippen LogP contribution in [0.2, 0.25) is 0 Å². The van der Waals surface area contributed by atoms with E-state index in [4.69, 9.17) is 34.0 Å². The Morgan fingerprint density at radius 3 is 1.91 bits per heavy atom. The molecule has 2 heterocycles. The summed E-state index contributed by atoms with van der Waals surface area (Å²) in [5, 5.41) is 18.3. The second kappa shape index (κ2) is 33.2. The summed E-state index contributed by atoms with van der Waals surface area (Å²) in [6.07, 6.45) is 3.97. The Labute approximate surface area is 324 Å². The van der Waals surface area contributed by atoms with E-state index in [2.05, 4.69) is 36.6 Å². The molecule has 0 saturated carbocycles. The van der Waals surface area contributed by atoms with Crippen molar-refractivity contribution in [3.8, 4) is 0 Å². The molecule has 53 heavy (non-hydrogen) atoms. The van der Waals surface area contributed by atoms with E-state index in [1.54, 1.807) is 21.6 Å². The maximum Gasteiger partial charge on any atom is 0.315 e. The first-order valence-electron chi connectivity index (χ1n) is 18.2. The third kappa shape index (κ3) is 26.3. The van der Waals surface area contributed by atoms with Gasteiger partial charge in [-0.25, -0.2) is 4.79 Å².